The number of rotatable bonds is 2. The third-order valence-corrected chi connectivity index (χ3v) is 6.30. The lowest BCUT2D eigenvalue weighted by Crippen LogP contribution is -2.26. The van der Waals surface area contributed by atoms with E-state index >= 15 is 0 Å². The van der Waals surface area contributed by atoms with Crippen molar-refractivity contribution >= 4 is 32.5 Å². The molecule has 4 aromatic rings. The monoisotopic (exact) mass is 374 g/mol. The standard InChI is InChI=1S/C20H18N6S/c1-26-11-15-7-13(6-14(9-21)19(15)25-26)16-8-18-17(10-23-16)24-20(27-18)12-2-4-22-5-3-12/h6-8,10-12,22H,2-5H2,1H3. The highest BCUT2D eigenvalue weighted by Gasteiger charge is 2.19. The second kappa shape index (κ2) is 6.41. The maximum atomic E-state index is 9.50. The van der Waals surface area contributed by atoms with Crippen molar-refractivity contribution in [1.82, 2.24) is 25.1 Å². The Hall–Kier alpha value is -2.82. The Labute approximate surface area is 160 Å². The van der Waals surface area contributed by atoms with Crippen molar-refractivity contribution in [3.8, 4) is 17.3 Å². The summed E-state index contributed by atoms with van der Waals surface area (Å²) in [5.41, 5.74) is 4.07. The number of fused-ring (bicyclic) bond motifs is 2. The summed E-state index contributed by atoms with van der Waals surface area (Å²) in [5, 5.41) is 19.5. The van der Waals surface area contributed by atoms with Crippen LogP contribution >= 0.6 is 11.3 Å². The van der Waals surface area contributed by atoms with Gasteiger partial charge in [-0.05, 0) is 44.1 Å². The third kappa shape index (κ3) is 2.87. The van der Waals surface area contributed by atoms with E-state index in [2.05, 4.69) is 27.5 Å². The maximum absolute atomic E-state index is 9.50. The van der Waals surface area contributed by atoms with Gasteiger partial charge in [0, 0.05) is 30.1 Å². The molecule has 1 aromatic carbocycles. The van der Waals surface area contributed by atoms with Crippen LogP contribution in [0.2, 0.25) is 0 Å². The fourth-order valence-electron chi connectivity index (χ4n) is 3.74. The van der Waals surface area contributed by atoms with Gasteiger partial charge in [0.25, 0.3) is 0 Å². The smallest absolute Gasteiger partial charge is 0.110 e. The molecule has 0 radical (unpaired) electrons. The molecule has 1 aliphatic rings. The van der Waals surface area contributed by atoms with Gasteiger partial charge < -0.3 is 5.32 Å². The number of hydrogen-bond donors (Lipinski definition) is 1. The van der Waals surface area contributed by atoms with E-state index in [9.17, 15) is 5.26 Å². The lowest BCUT2D eigenvalue weighted by atomic mass is 9.99. The van der Waals surface area contributed by atoms with Crippen LogP contribution < -0.4 is 5.32 Å². The number of nitrogens with zero attached hydrogens (tertiary/aromatic N) is 5. The van der Waals surface area contributed by atoms with Gasteiger partial charge in [0.15, 0.2) is 0 Å². The summed E-state index contributed by atoms with van der Waals surface area (Å²) in [5.74, 6) is 0.545. The lowest BCUT2D eigenvalue weighted by molar-refractivity contribution is 0.459. The number of aryl methyl sites for hydroxylation is 1. The molecule has 0 atom stereocenters. The summed E-state index contributed by atoms with van der Waals surface area (Å²) in [7, 11) is 1.87. The van der Waals surface area contributed by atoms with Gasteiger partial charge >= 0.3 is 0 Å². The highest BCUT2D eigenvalue weighted by atomic mass is 32.1. The molecule has 0 spiro atoms. The predicted octanol–water partition coefficient (Wildman–Crippen LogP) is 3.58. The molecule has 0 aliphatic carbocycles. The number of thiazole rings is 1. The van der Waals surface area contributed by atoms with Gasteiger partial charge in [-0.2, -0.15) is 10.4 Å². The van der Waals surface area contributed by atoms with E-state index in [0.29, 0.717) is 11.5 Å². The molecule has 5 rings (SSSR count). The molecule has 1 N–H and O–H groups in total. The Morgan fingerprint density at radius 3 is 2.93 bits per heavy atom. The maximum Gasteiger partial charge on any atom is 0.110 e. The number of hydrogen-bond acceptors (Lipinski definition) is 6. The molecule has 1 aliphatic heterocycles. The second-order valence-corrected chi connectivity index (χ2v) is 8.05. The highest BCUT2D eigenvalue weighted by molar-refractivity contribution is 7.18. The van der Waals surface area contributed by atoms with Crippen molar-refractivity contribution < 1.29 is 0 Å². The minimum Gasteiger partial charge on any atom is -0.317 e. The van der Waals surface area contributed by atoms with Crippen LogP contribution in [0.1, 0.15) is 29.3 Å². The summed E-state index contributed by atoms with van der Waals surface area (Å²) < 4.78 is 2.89. The Kier molecular flexibility index (Phi) is 3.88. The first-order valence-corrected chi connectivity index (χ1v) is 9.88. The summed E-state index contributed by atoms with van der Waals surface area (Å²) >= 11 is 1.77. The van der Waals surface area contributed by atoms with E-state index in [1.165, 1.54) is 5.01 Å². The van der Waals surface area contributed by atoms with E-state index in [4.69, 9.17) is 4.98 Å². The van der Waals surface area contributed by atoms with Gasteiger partial charge in [-0.1, -0.05) is 0 Å². The van der Waals surface area contributed by atoms with Crippen LogP contribution in [0.5, 0.6) is 0 Å². The van der Waals surface area contributed by atoms with Crippen LogP contribution in [-0.2, 0) is 7.05 Å². The number of nitrogens with one attached hydrogen (secondary N) is 1. The van der Waals surface area contributed by atoms with Gasteiger partial charge in [-0.3, -0.25) is 9.67 Å². The largest absolute Gasteiger partial charge is 0.317 e. The molecule has 4 heterocycles. The number of aromatic nitrogens is 4. The Morgan fingerprint density at radius 2 is 2.11 bits per heavy atom. The van der Waals surface area contributed by atoms with Crippen LogP contribution in [0.15, 0.2) is 30.6 Å². The number of piperidine rings is 1. The van der Waals surface area contributed by atoms with Crippen LogP contribution in [-0.4, -0.2) is 32.8 Å². The first kappa shape index (κ1) is 16.4. The molecular weight excluding hydrogens is 356 g/mol. The van der Waals surface area contributed by atoms with E-state index in [-0.39, 0.29) is 0 Å². The third-order valence-electron chi connectivity index (χ3n) is 5.12. The van der Waals surface area contributed by atoms with Gasteiger partial charge in [-0.25, -0.2) is 4.98 Å². The summed E-state index contributed by atoms with van der Waals surface area (Å²) in [6.07, 6.45) is 6.07. The summed E-state index contributed by atoms with van der Waals surface area (Å²) in [6.45, 7) is 2.12. The molecule has 0 saturated carbocycles. The number of pyridine rings is 1. The fraction of sp³-hybridized carbons (Fsp3) is 0.300. The normalized spacial score (nSPS) is 15.4. The average Bonchev–Trinajstić information content (AvgIpc) is 3.29. The SMILES string of the molecule is Cn1cc2cc(-c3cc4sc(C5CCNCC5)nc4cn3)cc(C#N)c2n1. The van der Waals surface area contributed by atoms with Gasteiger partial charge in [0.2, 0.25) is 0 Å². The lowest BCUT2D eigenvalue weighted by Gasteiger charge is -2.20. The van der Waals surface area contributed by atoms with E-state index < -0.39 is 0 Å². The number of benzene rings is 1. The first-order chi connectivity index (χ1) is 13.2. The molecule has 1 fully saturated rings. The van der Waals surface area contributed by atoms with Crippen molar-refractivity contribution in [2.24, 2.45) is 7.05 Å². The van der Waals surface area contributed by atoms with Crippen LogP contribution in [0.3, 0.4) is 0 Å². The van der Waals surface area contributed by atoms with Gasteiger partial charge in [-0.15, -0.1) is 11.3 Å². The first-order valence-electron chi connectivity index (χ1n) is 9.06. The van der Waals surface area contributed by atoms with E-state index in [0.717, 1.165) is 58.3 Å². The molecule has 6 nitrogen and oxygen atoms in total. The highest BCUT2D eigenvalue weighted by Crippen LogP contribution is 2.34. The molecule has 1 saturated heterocycles. The Balaban J connectivity index is 1.58. The second-order valence-electron chi connectivity index (χ2n) is 6.99. The zero-order valence-corrected chi connectivity index (χ0v) is 15.8. The van der Waals surface area contributed by atoms with Crippen LogP contribution in [0, 0.1) is 11.3 Å². The topological polar surface area (TPSA) is 79.4 Å². The molecule has 7 heteroatoms. The van der Waals surface area contributed by atoms with Gasteiger partial charge in [0.05, 0.1) is 32.7 Å². The zero-order chi connectivity index (χ0) is 18.4. The molecule has 0 amide bonds. The Morgan fingerprint density at radius 1 is 1.26 bits per heavy atom. The minimum atomic E-state index is 0.545. The van der Waals surface area contributed by atoms with Crippen molar-refractivity contribution in [2.75, 3.05) is 13.1 Å². The summed E-state index contributed by atoms with van der Waals surface area (Å²) in [6, 6.07) is 8.27. The van der Waals surface area contributed by atoms with Crippen molar-refractivity contribution in [1.29, 1.82) is 5.26 Å². The molecular formula is C20H18N6S. The molecule has 3 aromatic heterocycles. The van der Waals surface area contributed by atoms with Crippen molar-refractivity contribution in [2.45, 2.75) is 18.8 Å². The van der Waals surface area contributed by atoms with Crippen molar-refractivity contribution in [3.05, 3.63) is 41.2 Å². The quantitative estimate of drug-likeness (QED) is 0.580. The van der Waals surface area contributed by atoms with Crippen molar-refractivity contribution in [3.63, 3.8) is 0 Å². The fourth-order valence-corrected chi connectivity index (χ4v) is 4.88. The van der Waals surface area contributed by atoms with E-state index in [1.54, 1.807) is 16.0 Å². The summed E-state index contributed by atoms with van der Waals surface area (Å²) in [4.78, 5) is 9.44. The van der Waals surface area contributed by atoms with Gasteiger partial charge in [0.1, 0.15) is 11.6 Å². The number of nitriles is 1. The van der Waals surface area contributed by atoms with Crippen LogP contribution in [0.25, 0.3) is 32.4 Å². The predicted molar refractivity (Wildman–Crippen MR) is 107 cm³/mol. The Bertz CT molecular complexity index is 1190. The van der Waals surface area contributed by atoms with Crippen LogP contribution in [0.4, 0.5) is 0 Å². The average molecular weight is 374 g/mol. The molecule has 0 unspecified atom stereocenters. The minimum absolute atomic E-state index is 0.545. The molecule has 0 bridgehead atoms. The molecule has 27 heavy (non-hydrogen) atoms. The zero-order valence-electron chi connectivity index (χ0n) is 14.9. The van der Waals surface area contributed by atoms with E-state index in [1.807, 2.05) is 31.6 Å². The molecule has 134 valence electrons.